The molecule has 3 heterocycles. The lowest BCUT2D eigenvalue weighted by atomic mass is 10.1. The average Bonchev–Trinajstić information content (AvgIpc) is 2.48. The third-order valence-electron chi connectivity index (χ3n) is 3.71. The lowest BCUT2D eigenvalue weighted by Crippen LogP contribution is -2.54. The zero-order valence-electron chi connectivity index (χ0n) is 11.2. The molecule has 3 unspecified atom stereocenters. The van der Waals surface area contributed by atoms with E-state index in [-0.39, 0.29) is 43.1 Å². The third-order valence-corrected chi connectivity index (χ3v) is 3.71. The normalized spacial score (nSPS) is 29.9. The van der Waals surface area contributed by atoms with Crippen molar-refractivity contribution in [1.82, 2.24) is 4.57 Å². The molecule has 7 heteroatoms. The quantitative estimate of drug-likeness (QED) is 0.821. The number of ether oxygens (including phenoxy) is 4. The first kappa shape index (κ1) is 13.6. The van der Waals surface area contributed by atoms with Crippen molar-refractivity contribution < 1.29 is 24.1 Å². The second kappa shape index (κ2) is 5.53. The van der Waals surface area contributed by atoms with Crippen molar-refractivity contribution in [3.63, 3.8) is 0 Å². The summed E-state index contributed by atoms with van der Waals surface area (Å²) in [6, 6.07) is 1.34. The largest absolute Gasteiger partial charge is 0.503 e. The van der Waals surface area contributed by atoms with E-state index < -0.39 is 0 Å². The van der Waals surface area contributed by atoms with Crippen LogP contribution in [0.4, 0.5) is 0 Å². The van der Waals surface area contributed by atoms with Crippen LogP contribution < -0.4 is 5.43 Å². The van der Waals surface area contributed by atoms with E-state index in [9.17, 15) is 9.90 Å². The van der Waals surface area contributed by atoms with Crippen molar-refractivity contribution in [1.29, 1.82) is 0 Å². The third kappa shape index (κ3) is 2.45. The van der Waals surface area contributed by atoms with Gasteiger partial charge in [-0.25, -0.2) is 0 Å². The molecular formula is C13H17NO6. The Morgan fingerprint density at radius 1 is 1.35 bits per heavy atom. The molecule has 0 spiro atoms. The molecule has 2 aliphatic rings. The number of rotatable bonds is 2. The monoisotopic (exact) mass is 283 g/mol. The number of hydrogen-bond acceptors (Lipinski definition) is 6. The first-order valence-corrected chi connectivity index (χ1v) is 6.48. The summed E-state index contributed by atoms with van der Waals surface area (Å²) in [4.78, 5) is 11.4. The Morgan fingerprint density at radius 2 is 2.20 bits per heavy atom. The molecule has 0 bridgehead atoms. The molecule has 0 aliphatic carbocycles. The van der Waals surface area contributed by atoms with Crippen LogP contribution in [0.1, 0.15) is 5.69 Å². The van der Waals surface area contributed by atoms with E-state index in [1.807, 2.05) is 0 Å². The Bertz CT molecular complexity index is 540. The smallest absolute Gasteiger partial charge is 0.223 e. The van der Waals surface area contributed by atoms with Crippen molar-refractivity contribution in [2.24, 2.45) is 0 Å². The fourth-order valence-electron chi connectivity index (χ4n) is 2.50. The van der Waals surface area contributed by atoms with E-state index in [0.717, 1.165) is 0 Å². The summed E-state index contributed by atoms with van der Waals surface area (Å²) < 4.78 is 23.6. The molecule has 1 aromatic rings. The minimum Gasteiger partial charge on any atom is -0.503 e. The summed E-state index contributed by atoms with van der Waals surface area (Å²) in [6.45, 7) is 3.06. The second-order valence-electron chi connectivity index (χ2n) is 4.91. The Labute approximate surface area is 115 Å². The van der Waals surface area contributed by atoms with Gasteiger partial charge in [-0.05, 0) is 6.92 Å². The summed E-state index contributed by atoms with van der Waals surface area (Å²) in [5.74, 6) is -0.232. The van der Waals surface area contributed by atoms with Crippen LogP contribution in [0.25, 0.3) is 0 Å². The van der Waals surface area contributed by atoms with Crippen LogP contribution in [0.5, 0.6) is 5.75 Å². The molecule has 0 saturated carbocycles. The molecule has 2 fully saturated rings. The number of aromatic nitrogens is 1. The van der Waals surface area contributed by atoms with Crippen LogP contribution in [0, 0.1) is 6.92 Å². The molecular weight excluding hydrogens is 266 g/mol. The summed E-state index contributed by atoms with van der Waals surface area (Å²) in [6.07, 6.45) is 1.08. The van der Waals surface area contributed by atoms with Gasteiger partial charge in [0.15, 0.2) is 5.75 Å². The van der Waals surface area contributed by atoms with Crippen molar-refractivity contribution in [2.45, 2.75) is 31.8 Å². The van der Waals surface area contributed by atoms with Crippen molar-refractivity contribution in [2.75, 3.05) is 20.2 Å². The molecule has 1 N–H and O–H groups in total. The predicted molar refractivity (Wildman–Crippen MR) is 67.4 cm³/mol. The van der Waals surface area contributed by atoms with Gasteiger partial charge in [-0.15, -0.1) is 0 Å². The molecule has 0 aromatic carbocycles. The topological polar surface area (TPSA) is 79.2 Å². The Kier molecular flexibility index (Phi) is 3.75. The molecule has 20 heavy (non-hydrogen) atoms. The van der Waals surface area contributed by atoms with Crippen LogP contribution in [-0.2, 0) is 25.5 Å². The summed E-state index contributed by atoms with van der Waals surface area (Å²) in [5.41, 5.74) is 0.128. The van der Waals surface area contributed by atoms with E-state index in [1.165, 1.54) is 6.07 Å². The molecule has 0 radical (unpaired) electrons. The van der Waals surface area contributed by atoms with Crippen LogP contribution in [0.2, 0.25) is 0 Å². The molecule has 2 aliphatic heterocycles. The number of pyridine rings is 1. The maximum absolute atomic E-state index is 11.4. The van der Waals surface area contributed by atoms with Crippen LogP contribution in [-0.4, -0.2) is 48.2 Å². The van der Waals surface area contributed by atoms with Crippen LogP contribution >= 0.6 is 0 Å². The fraction of sp³-hybridized carbons (Fsp3) is 0.615. The lowest BCUT2D eigenvalue weighted by molar-refractivity contribution is -0.302. The number of hydrogen-bond donors (Lipinski definition) is 1. The number of nitrogens with zero attached hydrogens (tertiary/aromatic N) is 1. The van der Waals surface area contributed by atoms with Gasteiger partial charge in [-0.3, -0.25) is 4.79 Å². The molecule has 2 saturated heterocycles. The van der Waals surface area contributed by atoms with Crippen molar-refractivity contribution >= 4 is 0 Å². The second-order valence-corrected chi connectivity index (χ2v) is 4.91. The van der Waals surface area contributed by atoms with Gasteiger partial charge in [-0.1, -0.05) is 0 Å². The van der Waals surface area contributed by atoms with Gasteiger partial charge in [0.1, 0.15) is 31.9 Å². The molecule has 3 atom stereocenters. The number of fused-ring (bicyclic) bond motifs is 1. The Balaban J connectivity index is 1.80. The summed E-state index contributed by atoms with van der Waals surface area (Å²) in [7, 11) is 0. The summed E-state index contributed by atoms with van der Waals surface area (Å²) in [5, 5.41) is 9.70. The lowest BCUT2D eigenvalue weighted by Gasteiger charge is -2.40. The first-order chi connectivity index (χ1) is 9.66. The van der Waals surface area contributed by atoms with E-state index in [2.05, 4.69) is 0 Å². The van der Waals surface area contributed by atoms with E-state index in [1.54, 1.807) is 17.7 Å². The van der Waals surface area contributed by atoms with Crippen molar-refractivity contribution in [3.8, 4) is 5.75 Å². The van der Waals surface area contributed by atoms with Gasteiger partial charge < -0.3 is 28.6 Å². The fourth-order valence-corrected chi connectivity index (χ4v) is 2.50. The Hall–Kier alpha value is -1.41. The van der Waals surface area contributed by atoms with Crippen molar-refractivity contribution in [3.05, 3.63) is 28.2 Å². The van der Waals surface area contributed by atoms with E-state index >= 15 is 0 Å². The molecule has 1 aromatic heterocycles. The van der Waals surface area contributed by atoms with Gasteiger partial charge in [0.05, 0.1) is 18.8 Å². The van der Waals surface area contributed by atoms with E-state index in [4.69, 9.17) is 18.9 Å². The Morgan fingerprint density at radius 3 is 3.05 bits per heavy atom. The highest BCUT2D eigenvalue weighted by atomic mass is 16.7. The SMILES string of the molecule is Cc1c(O)c(=O)ccn1CC1OCOC2COCOC21. The molecule has 0 amide bonds. The molecule has 110 valence electrons. The maximum Gasteiger partial charge on any atom is 0.223 e. The zero-order chi connectivity index (χ0) is 14.1. The van der Waals surface area contributed by atoms with Crippen LogP contribution in [0.3, 0.4) is 0 Å². The standard InChI is InChI=1S/C13H17NO6/c1-8-12(16)9(15)2-3-14(8)4-10-13-11(19-7-18-10)5-17-6-20-13/h2-3,10-11,13,16H,4-7H2,1H3. The van der Waals surface area contributed by atoms with Gasteiger partial charge in [0.25, 0.3) is 0 Å². The van der Waals surface area contributed by atoms with Gasteiger partial charge in [-0.2, -0.15) is 0 Å². The van der Waals surface area contributed by atoms with E-state index in [0.29, 0.717) is 18.8 Å². The van der Waals surface area contributed by atoms with Gasteiger partial charge in [0.2, 0.25) is 5.43 Å². The molecule has 7 nitrogen and oxygen atoms in total. The first-order valence-electron chi connectivity index (χ1n) is 6.48. The maximum atomic E-state index is 11.4. The van der Waals surface area contributed by atoms with Crippen LogP contribution in [0.15, 0.2) is 17.1 Å². The minimum absolute atomic E-state index is 0.143. The highest BCUT2D eigenvalue weighted by molar-refractivity contribution is 5.25. The highest BCUT2D eigenvalue weighted by Crippen LogP contribution is 2.23. The zero-order valence-corrected chi connectivity index (χ0v) is 11.2. The highest BCUT2D eigenvalue weighted by Gasteiger charge is 2.38. The number of aromatic hydroxyl groups is 1. The average molecular weight is 283 g/mol. The minimum atomic E-state index is -0.383. The van der Waals surface area contributed by atoms with Gasteiger partial charge in [0, 0.05) is 12.3 Å². The summed E-state index contributed by atoms with van der Waals surface area (Å²) >= 11 is 0. The van der Waals surface area contributed by atoms with Gasteiger partial charge >= 0.3 is 0 Å². The molecule has 3 rings (SSSR count). The predicted octanol–water partition coefficient (Wildman–Crippen LogP) is -0.0233.